The molecule has 2 N–H and O–H groups in total. The SMILES string of the molecule is CCCCC1CN(C(=O)NC)Cc2c1nc(-c1ccc(C)cc1)[nH]c2=O. The minimum atomic E-state index is -0.154. The lowest BCUT2D eigenvalue weighted by atomic mass is 9.91. The highest BCUT2D eigenvalue weighted by molar-refractivity contribution is 5.74. The summed E-state index contributed by atoms with van der Waals surface area (Å²) in [4.78, 5) is 34.3. The van der Waals surface area contributed by atoms with Crippen molar-refractivity contribution < 1.29 is 4.79 Å². The molecule has 138 valence electrons. The molecule has 0 fully saturated rings. The summed E-state index contributed by atoms with van der Waals surface area (Å²) in [5.74, 6) is 0.686. The second kappa shape index (κ2) is 7.72. The van der Waals surface area contributed by atoms with Crippen molar-refractivity contribution in [3.05, 3.63) is 51.4 Å². The first-order chi connectivity index (χ1) is 12.5. The van der Waals surface area contributed by atoms with Gasteiger partial charge in [0.2, 0.25) is 0 Å². The van der Waals surface area contributed by atoms with E-state index in [1.807, 2.05) is 31.2 Å². The fourth-order valence-electron chi connectivity index (χ4n) is 3.45. The van der Waals surface area contributed by atoms with Crippen molar-refractivity contribution in [1.82, 2.24) is 20.2 Å². The van der Waals surface area contributed by atoms with E-state index in [0.29, 0.717) is 24.5 Å². The Bertz CT molecular complexity index is 842. The van der Waals surface area contributed by atoms with E-state index in [0.717, 1.165) is 36.1 Å². The van der Waals surface area contributed by atoms with Gasteiger partial charge < -0.3 is 15.2 Å². The number of benzene rings is 1. The number of hydrogen-bond acceptors (Lipinski definition) is 3. The van der Waals surface area contributed by atoms with Crippen LogP contribution in [0.3, 0.4) is 0 Å². The van der Waals surface area contributed by atoms with Crippen LogP contribution in [0, 0.1) is 6.92 Å². The van der Waals surface area contributed by atoms with Gasteiger partial charge in [0.1, 0.15) is 5.82 Å². The molecular weight excluding hydrogens is 328 g/mol. The number of urea groups is 1. The molecule has 1 aliphatic heterocycles. The molecule has 0 bridgehead atoms. The van der Waals surface area contributed by atoms with Crippen LogP contribution in [-0.2, 0) is 6.54 Å². The smallest absolute Gasteiger partial charge is 0.317 e. The molecule has 6 heteroatoms. The average molecular weight is 354 g/mol. The Morgan fingerprint density at radius 2 is 2.08 bits per heavy atom. The molecule has 2 heterocycles. The van der Waals surface area contributed by atoms with Crippen LogP contribution < -0.4 is 10.9 Å². The molecule has 1 aliphatic rings. The Kier molecular flexibility index (Phi) is 5.40. The Balaban J connectivity index is 2.03. The number of nitrogens with one attached hydrogen (secondary N) is 2. The number of unbranched alkanes of at least 4 members (excludes halogenated alkanes) is 1. The standard InChI is InChI=1S/C20H26N4O2/c1-4-5-6-15-11-24(20(26)21-3)12-16-17(15)22-18(23-19(16)25)14-9-7-13(2)8-10-14/h7-10,15H,4-6,11-12H2,1-3H3,(H,21,26)(H,22,23,25). The van der Waals surface area contributed by atoms with Crippen LogP contribution in [0.15, 0.2) is 29.1 Å². The Morgan fingerprint density at radius 1 is 1.35 bits per heavy atom. The number of H-pyrrole nitrogens is 1. The number of aromatic nitrogens is 2. The van der Waals surface area contributed by atoms with Crippen molar-refractivity contribution in [2.24, 2.45) is 0 Å². The van der Waals surface area contributed by atoms with Gasteiger partial charge in [-0.2, -0.15) is 0 Å². The van der Waals surface area contributed by atoms with Gasteiger partial charge in [0, 0.05) is 25.1 Å². The van der Waals surface area contributed by atoms with Crippen LogP contribution >= 0.6 is 0 Å². The molecule has 2 amide bonds. The van der Waals surface area contributed by atoms with Crippen molar-refractivity contribution in [2.45, 2.75) is 45.6 Å². The highest BCUT2D eigenvalue weighted by Gasteiger charge is 2.31. The van der Waals surface area contributed by atoms with Gasteiger partial charge in [0.05, 0.1) is 17.8 Å². The highest BCUT2D eigenvalue weighted by atomic mass is 16.2. The van der Waals surface area contributed by atoms with Crippen molar-refractivity contribution in [3.8, 4) is 11.4 Å². The summed E-state index contributed by atoms with van der Waals surface area (Å²) in [7, 11) is 1.61. The molecule has 3 rings (SSSR count). The van der Waals surface area contributed by atoms with Crippen LogP contribution in [0.1, 0.15) is 48.9 Å². The van der Waals surface area contributed by atoms with Gasteiger partial charge in [-0.05, 0) is 13.3 Å². The third kappa shape index (κ3) is 3.64. The van der Waals surface area contributed by atoms with Gasteiger partial charge in [0.25, 0.3) is 5.56 Å². The molecular formula is C20H26N4O2. The predicted molar refractivity (Wildman–Crippen MR) is 102 cm³/mol. The third-order valence-electron chi connectivity index (χ3n) is 4.96. The minimum Gasteiger partial charge on any atom is -0.341 e. The predicted octanol–water partition coefficient (Wildman–Crippen LogP) is 3.17. The van der Waals surface area contributed by atoms with Crippen LogP contribution in [0.5, 0.6) is 0 Å². The van der Waals surface area contributed by atoms with Gasteiger partial charge in [-0.25, -0.2) is 9.78 Å². The van der Waals surface area contributed by atoms with E-state index in [2.05, 4.69) is 17.2 Å². The molecule has 0 radical (unpaired) electrons. The number of rotatable bonds is 4. The van der Waals surface area contributed by atoms with E-state index in [1.165, 1.54) is 0 Å². The molecule has 0 saturated carbocycles. The number of carbonyl (C=O) groups excluding carboxylic acids is 1. The van der Waals surface area contributed by atoms with Gasteiger partial charge in [0.15, 0.2) is 0 Å². The van der Waals surface area contributed by atoms with E-state index in [4.69, 9.17) is 4.98 Å². The van der Waals surface area contributed by atoms with Crippen LogP contribution in [0.4, 0.5) is 4.79 Å². The number of carbonyl (C=O) groups is 1. The van der Waals surface area contributed by atoms with E-state index >= 15 is 0 Å². The fourth-order valence-corrected chi connectivity index (χ4v) is 3.45. The molecule has 0 spiro atoms. The van der Waals surface area contributed by atoms with Crippen molar-refractivity contribution in [3.63, 3.8) is 0 Å². The largest absolute Gasteiger partial charge is 0.341 e. The summed E-state index contributed by atoms with van der Waals surface area (Å²) in [5.41, 5.74) is 3.37. The van der Waals surface area contributed by atoms with Gasteiger partial charge in [-0.15, -0.1) is 0 Å². The zero-order chi connectivity index (χ0) is 18.7. The lowest BCUT2D eigenvalue weighted by Gasteiger charge is -2.33. The topological polar surface area (TPSA) is 78.1 Å². The first-order valence-corrected chi connectivity index (χ1v) is 9.20. The van der Waals surface area contributed by atoms with Gasteiger partial charge >= 0.3 is 6.03 Å². The highest BCUT2D eigenvalue weighted by Crippen LogP contribution is 2.30. The summed E-state index contributed by atoms with van der Waals surface area (Å²) in [6.45, 7) is 5.06. The summed E-state index contributed by atoms with van der Waals surface area (Å²) in [6, 6.07) is 7.81. The summed E-state index contributed by atoms with van der Waals surface area (Å²) in [6.07, 6.45) is 3.03. The quantitative estimate of drug-likeness (QED) is 0.885. The zero-order valence-electron chi connectivity index (χ0n) is 15.6. The van der Waals surface area contributed by atoms with Crippen molar-refractivity contribution in [1.29, 1.82) is 0 Å². The molecule has 1 aromatic carbocycles. The molecule has 6 nitrogen and oxygen atoms in total. The normalized spacial score (nSPS) is 16.3. The van der Waals surface area contributed by atoms with E-state index < -0.39 is 0 Å². The lowest BCUT2D eigenvalue weighted by molar-refractivity contribution is 0.185. The van der Waals surface area contributed by atoms with E-state index in [-0.39, 0.29) is 17.5 Å². The summed E-state index contributed by atoms with van der Waals surface area (Å²) >= 11 is 0. The molecule has 2 aromatic rings. The summed E-state index contributed by atoms with van der Waals surface area (Å²) in [5, 5.41) is 2.66. The second-order valence-corrected chi connectivity index (χ2v) is 6.92. The van der Waals surface area contributed by atoms with Crippen LogP contribution in [0.25, 0.3) is 11.4 Å². The maximum Gasteiger partial charge on any atom is 0.317 e. The number of nitrogens with zero attached hydrogens (tertiary/aromatic N) is 2. The summed E-state index contributed by atoms with van der Waals surface area (Å²) < 4.78 is 0. The molecule has 0 saturated heterocycles. The Hall–Kier alpha value is -2.63. The third-order valence-corrected chi connectivity index (χ3v) is 4.96. The minimum absolute atomic E-state index is 0.0856. The lowest BCUT2D eigenvalue weighted by Crippen LogP contribution is -2.45. The van der Waals surface area contributed by atoms with Crippen LogP contribution in [-0.4, -0.2) is 34.5 Å². The molecule has 0 aliphatic carbocycles. The number of amides is 2. The number of fused-ring (bicyclic) bond motifs is 1. The molecule has 26 heavy (non-hydrogen) atoms. The monoisotopic (exact) mass is 354 g/mol. The Labute approximate surface area is 153 Å². The van der Waals surface area contributed by atoms with Gasteiger partial charge in [-0.1, -0.05) is 49.6 Å². The van der Waals surface area contributed by atoms with Crippen molar-refractivity contribution in [2.75, 3.05) is 13.6 Å². The van der Waals surface area contributed by atoms with Crippen LogP contribution in [0.2, 0.25) is 0 Å². The molecule has 1 atom stereocenters. The number of aromatic amines is 1. The number of aryl methyl sites for hydroxylation is 1. The number of hydrogen-bond donors (Lipinski definition) is 2. The maximum atomic E-state index is 12.7. The van der Waals surface area contributed by atoms with Gasteiger partial charge in [-0.3, -0.25) is 4.79 Å². The van der Waals surface area contributed by atoms with E-state index in [1.54, 1.807) is 11.9 Å². The first kappa shape index (κ1) is 18.2. The molecule has 1 aromatic heterocycles. The average Bonchev–Trinajstić information content (AvgIpc) is 2.66. The second-order valence-electron chi connectivity index (χ2n) is 6.92. The van der Waals surface area contributed by atoms with Crippen molar-refractivity contribution >= 4 is 6.03 Å². The van der Waals surface area contributed by atoms with E-state index in [9.17, 15) is 9.59 Å². The zero-order valence-corrected chi connectivity index (χ0v) is 15.6. The molecule has 1 unspecified atom stereocenters. The fraction of sp³-hybridized carbons (Fsp3) is 0.450. The maximum absolute atomic E-state index is 12.7. The Morgan fingerprint density at radius 3 is 2.73 bits per heavy atom. The first-order valence-electron chi connectivity index (χ1n) is 9.20.